The van der Waals surface area contributed by atoms with Gasteiger partial charge in [-0.3, -0.25) is 0 Å². The molecule has 2 nitrogen and oxygen atoms in total. The van der Waals surface area contributed by atoms with Gasteiger partial charge in [0.15, 0.2) is 0 Å². The summed E-state index contributed by atoms with van der Waals surface area (Å²) >= 11 is 0. The number of fused-ring (bicyclic) bond motifs is 1. The van der Waals surface area contributed by atoms with Crippen molar-refractivity contribution in [1.82, 2.24) is 5.32 Å². The molecular weight excluding hydrogens is 229 g/mol. The lowest BCUT2D eigenvalue weighted by Crippen LogP contribution is -2.15. The maximum Gasteiger partial charge on any atom is 0.131 e. The summed E-state index contributed by atoms with van der Waals surface area (Å²) in [4.78, 5) is 0. The summed E-state index contributed by atoms with van der Waals surface area (Å²) < 4.78 is 19.1. The third kappa shape index (κ3) is 3.06. The lowest BCUT2D eigenvalue weighted by atomic mass is 10.0. The number of hydrogen-bond acceptors (Lipinski definition) is 2. The summed E-state index contributed by atoms with van der Waals surface area (Å²) in [7, 11) is 1.90. The molecule has 0 bridgehead atoms. The minimum Gasteiger partial charge on any atom is -0.380 e. The van der Waals surface area contributed by atoms with Crippen LogP contribution in [0.4, 0.5) is 4.39 Å². The standard InChI is InChI=1S/C15H18FNO/c1-17-9-11-18-10-8-12-6-7-15(16)14-5-3-2-4-13(12)14/h2-7,17H,8-11H2,1H3. The summed E-state index contributed by atoms with van der Waals surface area (Å²) in [5, 5.41) is 4.70. The second kappa shape index (κ2) is 6.47. The van der Waals surface area contributed by atoms with E-state index in [9.17, 15) is 4.39 Å². The van der Waals surface area contributed by atoms with Crippen molar-refractivity contribution in [3.63, 3.8) is 0 Å². The quantitative estimate of drug-likeness (QED) is 0.792. The number of halogens is 1. The van der Waals surface area contributed by atoms with Crippen LogP contribution in [-0.2, 0) is 11.2 Å². The Balaban J connectivity index is 2.07. The molecule has 2 aromatic rings. The number of nitrogens with one attached hydrogen (secondary N) is 1. The lowest BCUT2D eigenvalue weighted by molar-refractivity contribution is 0.140. The summed E-state index contributed by atoms with van der Waals surface area (Å²) in [5.74, 6) is -0.162. The topological polar surface area (TPSA) is 21.3 Å². The van der Waals surface area contributed by atoms with E-state index in [2.05, 4.69) is 5.32 Å². The van der Waals surface area contributed by atoms with Crippen molar-refractivity contribution >= 4 is 10.8 Å². The maximum atomic E-state index is 13.6. The SMILES string of the molecule is CNCCOCCc1ccc(F)c2ccccc12. The number of ether oxygens (including phenoxy) is 1. The van der Waals surface area contributed by atoms with E-state index in [-0.39, 0.29) is 5.82 Å². The van der Waals surface area contributed by atoms with Gasteiger partial charge in [0, 0.05) is 11.9 Å². The van der Waals surface area contributed by atoms with Crippen LogP contribution in [0.1, 0.15) is 5.56 Å². The zero-order valence-corrected chi connectivity index (χ0v) is 10.6. The van der Waals surface area contributed by atoms with E-state index in [0.717, 1.165) is 23.9 Å². The molecule has 0 radical (unpaired) electrons. The Morgan fingerprint density at radius 2 is 1.83 bits per heavy atom. The predicted octanol–water partition coefficient (Wildman–Crippen LogP) is 2.76. The van der Waals surface area contributed by atoms with E-state index < -0.39 is 0 Å². The van der Waals surface area contributed by atoms with Crippen molar-refractivity contribution in [2.24, 2.45) is 0 Å². The molecule has 0 aliphatic heterocycles. The van der Waals surface area contributed by atoms with Crippen molar-refractivity contribution < 1.29 is 9.13 Å². The Morgan fingerprint density at radius 1 is 1.06 bits per heavy atom. The first kappa shape index (κ1) is 13.0. The van der Waals surface area contributed by atoms with Crippen molar-refractivity contribution in [3.8, 4) is 0 Å². The van der Waals surface area contributed by atoms with E-state index in [0.29, 0.717) is 18.6 Å². The zero-order chi connectivity index (χ0) is 12.8. The average molecular weight is 247 g/mol. The smallest absolute Gasteiger partial charge is 0.131 e. The highest BCUT2D eigenvalue weighted by Gasteiger charge is 2.04. The molecule has 0 fully saturated rings. The van der Waals surface area contributed by atoms with Crippen molar-refractivity contribution in [3.05, 3.63) is 47.8 Å². The molecular formula is C15H18FNO. The fourth-order valence-electron chi connectivity index (χ4n) is 2.00. The molecule has 2 aromatic carbocycles. The molecule has 0 unspecified atom stereocenters. The van der Waals surface area contributed by atoms with Gasteiger partial charge in [0.2, 0.25) is 0 Å². The fourth-order valence-corrected chi connectivity index (χ4v) is 2.00. The first-order valence-electron chi connectivity index (χ1n) is 6.21. The summed E-state index contributed by atoms with van der Waals surface area (Å²) in [6, 6.07) is 11.0. The van der Waals surface area contributed by atoms with E-state index in [1.165, 1.54) is 6.07 Å². The molecule has 0 saturated heterocycles. The maximum absolute atomic E-state index is 13.6. The molecule has 0 spiro atoms. The Labute approximate surface area is 107 Å². The van der Waals surface area contributed by atoms with Gasteiger partial charge in [-0.2, -0.15) is 0 Å². The summed E-state index contributed by atoms with van der Waals surface area (Å²) in [6.45, 7) is 2.22. The number of benzene rings is 2. The van der Waals surface area contributed by atoms with Gasteiger partial charge in [0.05, 0.1) is 13.2 Å². The molecule has 0 atom stereocenters. The highest BCUT2D eigenvalue weighted by molar-refractivity contribution is 5.86. The van der Waals surface area contributed by atoms with Gasteiger partial charge in [-0.05, 0) is 30.5 Å². The largest absolute Gasteiger partial charge is 0.380 e. The minimum atomic E-state index is -0.162. The van der Waals surface area contributed by atoms with Crippen LogP contribution in [0.5, 0.6) is 0 Å². The molecule has 0 amide bonds. The number of hydrogen-bond donors (Lipinski definition) is 1. The highest BCUT2D eigenvalue weighted by atomic mass is 19.1. The Morgan fingerprint density at radius 3 is 2.61 bits per heavy atom. The van der Waals surface area contributed by atoms with E-state index in [1.54, 1.807) is 0 Å². The molecule has 0 heterocycles. The molecule has 0 aliphatic rings. The average Bonchev–Trinajstić information content (AvgIpc) is 2.41. The second-order valence-electron chi connectivity index (χ2n) is 4.22. The molecule has 2 rings (SSSR count). The van der Waals surface area contributed by atoms with E-state index in [1.807, 2.05) is 37.4 Å². The minimum absolute atomic E-state index is 0.162. The second-order valence-corrected chi connectivity index (χ2v) is 4.22. The van der Waals surface area contributed by atoms with Crippen LogP contribution < -0.4 is 5.32 Å². The first-order valence-corrected chi connectivity index (χ1v) is 6.21. The van der Waals surface area contributed by atoms with Gasteiger partial charge in [0.1, 0.15) is 5.82 Å². The van der Waals surface area contributed by atoms with Crippen LogP contribution in [0, 0.1) is 5.82 Å². The predicted molar refractivity (Wildman–Crippen MR) is 72.4 cm³/mol. The molecule has 96 valence electrons. The fraction of sp³-hybridized carbons (Fsp3) is 0.333. The van der Waals surface area contributed by atoms with Gasteiger partial charge in [0.25, 0.3) is 0 Å². The van der Waals surface area contributed by atoms with Crippen molar-refractivity contribution in [1.29, 1.82) is 0 Å². The monoisotopic (exact) mass is 247 g/mol. The normalized spacial score (nSPS) is 11.0. The molecule has 1 N–H and O–H groups in total. The molecule has 0 aromatic heterocycles. The van der Waals surface area contributed by atoms with Gasteiger partial charge >= 0.3 is 0 Å². The van der Waals surface area contributed by atoms with E-state index in [4.69, 9.17) is 4.74 Å². The summed E-state index contributed by atoms with van der Waals surface area (Å²) in [5.41, 5.74) is 1.14. The summed E-state index contributed by atoms with van der Waals surface area (Å²) in [6.07, 6.45) is 0.810. The van der Waals surface area contributed by atoms with Crippen LogP contribution in [0.15, 0.2) is 36.4 Å². The van der Waals surface area contributed by atoms with E-state index >= 15 is 0 Å². The van der Waals surface area contributed by atoms with Crippen LogP contribution in [0.2, 0.25) is 0 Å². The third-order valence-corrected chi connectivity index (χ3v) is 2.97. The first-order chi connectivity index (χ1) is 8.83. The lowest BCUT2D eigenvalue weighted by Gasteiger charge is -2.08. The Kier molecular flexibility index (Phi) is 4.67. The van der Waals surface area contributed by atoms with Crippen molar-refractivity contribution in [2.45, 2.75) is 6.42 Å². The van der Waals surface area contributed by atoms with Crippen LogP contribution >= 0.6 is 0 Å². The molecule has 0 aliphatic carbocycles. The van der Waals surface area contributed by atoms with Crippen LogP contribution in [0.25, 0.3) is 10.8 Å². The zero-order valence-electron chi connectivity index (χ0n) is 10.6. The van der Waals surface area contributed by atoms with Crippen LogP contribution in [-0.4, -0.2) is 26.8 Å². The van der Waals surface area contributed by atoms with Gasteiger partial charge in [-0.15, -0.1) is 0 Å². The third-order valence-electron chi connectivity index (χ3n) is 2.97. The highest BCUT2D eigenvalue weighted by Crippen LogP contribution is 2.22. The van der Waals surface area contributed by atoms with Crippen molar-refractivity contribution in [2.75, 3.05) is 26.8 Å². The van der Waals surface area contributed by atoms with Gasteiger partial charge in [-0.25, -0.2) is 4.39 Å². The molecule has 0 saturated carbocycles. The Bertz CT molecular complexity index is 513. The molecule has 18 heavy (non-hydrogen) atoms. The van der Waals surface area contributed by atoms with Crippen LogP contribution in [0.3, 0.4) is 0 Å². The molecule has 3 heteroatoms. The van der Waals surface area contributed by atoms with Gasteiger partial charge < -0.3 is 10.1 Å². The number of rotatable bonds is 6. The number of likely N-dealkylation sites (N-methyl/N-ethyl adjacent to an activating group) is 1. The Hall–Kier alpha value is -1.45. The van der Waals surface area contributed by atoms with Gasteiger partial charge in [-0.1, -0.05) is 30.3 Å².